The van der Waals surface area contributed by atoms with Gasteiger partial charge in [0.15, 0.2) is 5.82 Å². The van der Waals surface area contributed by atoms with Crippen molar-refractivity contribution in [3.8, 4) is 21.7 Å². The second-order valence-electron chi connectivity index (χ2n) is 9.81. The first kappa shape index (κ1) is 23.3. The Bertz CT molecular complexity index is 1420. The number of halogens is 1. The van der Waals surface area contributed by atoms with Gasteiger partial charge in [0.2, 0.25) is 5.91 Å². The van der Waals surface area contributed by atoms with Gasteiger partial charge in [0.1, 0.15) is 22.8 Å². The van der Waals surface area contributed by atoms with E-state index in [9.17, 15) is 14.3 Å². The topological polar surface area (TPSA) is 103 Å². The van der Waals surface area contributed by atoms with Gasteiger partial charge in [0, 0.05) is 48.5 Å². The molecule has 2 N–H and O–H groups in total. The van der Waals surface area contributed by atoms with E-state index in [1.165, 1.54) is 17.5 Å². The average Bonchev–Trinajstić information content (AvgIpc) is 3.56. The lowest BCUT2D eigenvalue weighted by Crippen LogP contribution is -2.36. The number of amides is 1. The minimum absolute atomic E-state index is 0.0525. The van der Waals surface area contributed by atoms with Gasteiger partial charge in [0.25, 0.3) is 0 Å². The molecule has 9 nitrogen and oxygen atoms in total. The molecule has 2 aliphatic rings. The Morgan fingerprint density at radius 3 is 2.83 bits per heavy atom. The molecular formula is C25H28FN7O2S. The maximum Gasteiger partial charge on any atom is 0.244 e. The highest BCUT2D eigenvalue weighted by atomic mass is 32.1. The third-order valence-electron chi connectivity index (χ3n) is 7.26. The number of hydrogen-bond donors (Lipinski definition) is 2. The Hall–Kier alpha value is -3.15. The summed E-state index contributed by atoms with van der Waals surface area (Å²) in [5.74, 6) is -0.384. The summed E-state index contributed by atoms with van der Waals surface area (Å²) in [6.07, 6.45) is 9.65. The zero-order valence-electron chi connectivity index (χ0n) is 20.1. The van der Waals surface area contributed by atoms with E-state index in [4.69, 9.17) is 0 Å². The van der Waals surface area contributed by atoms with Crippen LogP contribution in [0.5, 0.6) is 0 Å². The fraction of sp³-hybridized carbons (Fsp3) is 0.440. The molecule has 0 unspecified atom stereocenters. The number of likely N-dealkylation sites (N-methyl/N-ethyl adjacent to an activating group) is 1. The number of aliphatic hydroxyl groups is 1. The van der Waals surface area contributed by atoms with Crippen LogP contribution >= 0.6 is 11.3 Å². The van der Waals surface area contributed by atoms with Crippen molar-refractivity contribution in [1.29, 1.82) is 0 Å². The largest absolute Gasteiger partial charge is 0.383 e. The predicted octanol–water partition coefficient (Wildman–Crippen LogP) is 3.22. The first-order valence-corrected chi connectivity index (χ1v) is 13.1. The minimum Gasteiger partial charge on any atom is -0.383 e. The van der Waals surface area contributed by atoms with E-state index in [-0.39, 0.29) is 12.5 Å². The van der Waals surface area contributed by atoms with Gasteiger partial charge in [-0.3, -0.25) is 9.48 Å². The van der Waals surface area contributed by atoms with Crippen LogP contribution in [-0.4, -0.2) is 78.8 Å². The molecule has 1 aliphatic heterocycles. The molecule has 1 saturated heterocycles. The Balaban J connectivity index is 1.25. The molecule has 4 aromatic heterocycles. The van der Waals surface area contributed by atoms with Gasteiger partial charge in [0.05, 0.1) is 23.0 Å². The van der Waals surface area contributed by atoms with E-state index < -0.39 is 11.4 Å². The van der Waals surface area contributed by atoms with Crippen LogP contribution in [0.25, 0.3) is 32.7 Å². The average molecular weight is 510 g/mol. The SMILES string of the molecule is CN1CCCN(C(=O)Cn2cc(-c3cc4c(-c5cnc(C6(O)CCC6)s5)c(F)cnc4[nH]3)cn2)CC1. The van der Waals surface area contributed by atoms with Crippen LogP contribution < -0.4 is 0 Å². The molecule has 1 saturated carbocycles. The Morgan fingerprint density at radius 2 is 2.03 bits per heavy atom. The fourth-order valence-corrected chi connectivity index (χ4v) is 6.03. The highest BCUT2D eigenvalue weighted by Crippen LogP contribution is 2.45. The number of aromatic nitrogens is 5. The molecule has 0 bridgehead atoms. The molecule has 2 fully saturated rings. The second-order valence-corrected chi connectivity index (χ2v) is 10.8. The molecule has 0 aromatic carbocycles. The van der Waals surface area contributed by atoms with Crippen molar-refractivity contribution in [2.75, 3.05) is 33.2 Å². The van der Waals surface area contributed by atoms with Gasteiger partial charge in [-0.2, -0.15) is 5.10 Å². The van der Waals surface area contributed by atoms with Crippen LogP contribution in [0.3, 0.4) is 0 Å². The van der Waals surface area contributed by atoms with Crippen molar-refractivity contribution in [2.45, 2.75) is 37.8 Å². The number of aromatic amines is 1. The number of pyridine rings is 1. The van der Waals surface area contributed by atoms with Crippen molar-refractivity contribution in [3.63, 3.8) is 0 Å². The number of thiazole rings is 1. The molecule has 188 valence electrons. The molecule has 0 spiro atoms. The summed E-state index contributed by atoms with van der Waals surface area (Å²) in [5.41, 5.74) is 1.61. The fourth-order valence-electron chi connectivity index (χ4n) is 4.91. The molecule has 36 heavy (non-hydrogen) atoms. The summed E-state index contributed by atoms with van der Waals surface area (Å²) >= 11 is 1.32. The van der Waals surface area contributed by atoms with Crippen LogP contribution in [0.4, 0.5) is 4.39 Å². The van der Waals surface area contributed by atoms with E-state index in [0.717, 1.165) is 50.3 Å². The van der Waals surface area contributed by atoms with Crippen molar-refractivity contribution >= 4 is 28.3 Å². The number of fused-ring (bicyclic) bond motifs is 1. The number of nitrogens with zero attached hydrogens (tertiary/aromatic N) is 6. The third-order valence-corrected chi connectivity index (χ3v) is 8.46. The van der Waals surface area contributed by atoms with Gasteiger partial charge in [-0.15, -0.1) is 11.3 Å². The normalized spacial score (nSPS) is 18.4. The molecule has 6 rings (SSSR count). The lowest BCUT2D eigenvalue weighted by Gasteiger charge is -2.34. The quantitative estimate of drug-likeness (QED) is 0.428. The highest BCUT2D eigenvalue weighted by molar-refractivity contribution is 7.15. The minimum atomic E-state index is -0.885. The maximum absolute atomic E-state index is 15.0. The summed E-state index contributed by atoms with van der Waals surface area (Å²) in [5, 5.41) is 16.3. The molecule has 0 radical (unpaired) electrons. The Morgan fingerprint density at radius 1 is 1.17 bits per heavy atom. The Kier molecular flexibility index (Phi) is 5.85. The first-order valence-electron chi connectivity index (χ1n) is 12.2. The number of rotatable bonds is 5. The van der Waals surface area contributed by atoms with Crippen molar-refractivity contribution < 1.29 is 14.3 Å². The summed E-state index contributed by atoms with van der Waals surface area (Å²) in [6, 6.07) is 1.85. The zero-order chi connectivity index (χ0) is 24.9. The number of hydrogen-bond acceptors (Lipinski definition) is 7. The van der Waals surface area contributed by atoms with E-state index >= 15 is 0 Å². The van der Waals surface area contributed by atoms with E-state index in [1.54, 1.807) is 17.1 Å². The highest BCUT2D eigenvalue weighted by Gasteiger charge is 2.39. The van der Waals surface area contributed by atoms with E-state index in [1.807, 2.05) is 17.2 Å². The molecule has 1 amide bonds. The van der Waals surface area contributed by atoms with Gasteiger partial charge in [-0.05, 0) is 45.3 Å². The number of carbonyl (C=O) groups excluding carboxylic acids is 1. The summed E-state index contributed by atoms with van der Waals surface area (Å²) in [7, 11) is 2.07. The van der Waals surface area contributed by atoms with E-state index in [2.05, 4.69) is 32.0 Å². The number of H-pyrrole nitrogens is 1. The third kappa shape index (κ3) is 4.21. The standard InChI is InChI=1S/C25H28FN7O2S/c1-31-6-3-7-32(9-8-31)21(34)15-33-14-16(11-29-33)19-10-17-22(18(26)12-27-23(17)30-19)20-13-28-24(36-20)25(35)4-2-5-25/h10-14,35H,2-9,15H2,1H3,(H,27,30). The smallest absolute Gasteiger partial charge is 0.244 e. The molecule has 11 heteroatoms. The van der Waals surface area contributed by atoms with Crippen molar-refractivity contribution in [3.05, 3.63) is 41.7 Å². The first-order chi connectivity index (χ1) is 17.4. The second kappa shape index (κ2) is 9.06. The van der Waals surface area contributed by atoms with Crippen molar-refractivity contribution in [2.24, 2.45) is 0 Å². The summed E-state index contributed by atoms with van der Waals surface area (Å²) in [6.45, 7) is 3.53. The number of carbonyl (C=O) groups is 1. The lowest BCUT2D eigenvalue weighted by molar-refractivity contribution is -0.131. The van der Waals surface area contributed by atoms with Gasteiger partial charge >= 0.3 is 0 Å². The summed E-state index contributed by atoms with van der Waals surface area (Å²) in [4.78, 5) is 29.5. The zero-order valence-corrected chi connectivity index (χ0v) is 20.9. The summed E-state index contributed by atoms with van der Waals surface area (Å²) < 4.78 is 16.6. The van der Waals surface area contributed by atoms with Crippen molar-refractivity contribution in [1.82, 2.24) is 34.5 Å². The van der Waals surface area contributed by atoms with Crippen LogP contribution in [0, 0.1) is 5.82 Å². The number of nitrogens with one attached hydrogen (secondary N) is 1. The Labute approximate surface area is 211 Å². The molecular weight excluding hydrogens is 481 g/mol. The molecule has 0 atom stereocenters. The van der Waals surface area contributed by atoms with Gasteiger partial charge in [-0.1, -0.05) is 0 Å². The maximum atomic E-state index is 15.0. The van der Waals surface area contributed by atoms with Crippen LogP contribution in [0.15, 0.2) is 30.9 Å². The monoisotopic (exact) mass is 509 g/mol. The van der Waals surface area contributed by atoms with Gasteiger partial charge in [-0.25, -0.2) is 14.4 Å². The van der Waals surface area contributed by atoms with Crippen LogP contribution in [0.2, 0.25) is 0 Å². The predicted molar refractivity (Wildman–Crippen MR) is 135 cm³/mol. The van der Waals surface area contributed by atoms with Crippen LogP contribution in [0.1, 0.15) is 30.7 Å². The van der Waals surface area contributed by atoms with E-state index in [0.29, 0.717) is 39.3 Å². The molecule has 5 heterocycles. The van der Waals surface area contributed by atoms with Gasteiger partial charge < -0.3 is 19.9 Å². The molecule has 1 aliphatic carbocycles. The lowest BCUT2D eigenvalue weighted by atomic mass is 9.81. The molecule has 4 aromatic rings. The van der Waals surface area contributed by atoms with Crippen LogP contribution in [-0.2, 0) is 16.9 Å².